The lowest BCUT2D eigenvalue weighted by Gasteiger charge is -2.35. The van der Waals surface area contributed by atoms with Gasteiger partial charge < -0.3 is 5.32 Å². The Kier molecular flexibility index (Phi) is 6.22. The molecule has 0 aliphatic heterocycles. The molecule has 2 rings (SSSR count). The molecule has 1 unspecified atom stereocenters. The fraction of sp³-hybridized carbons (Fsp3) is 0.684. The van der Waals surface area contributed by atoms with Crippen LogP contribution in [0.1, 0.15) is 69.5 Å². The van der Waals surface area contributed by atoms with Crippen LogP contribution in [0.4, 0.5) is 4.39 Å². The van der Waals surface area contributed by atoms with E-state index in [1.54, 1.807) is 12.1 Å². The standard InChI is InChI=1S/C19H30FN/c1-4-6-15-8-10-16(11-9-15)19(21-5-2)18-13-17(20)12-7-14(18)3/h7,12-13,15-16,19,21H,4-6,8-11H2,1-3H3. The van der Waals surface area contributed by atoms with E-state index in [0.29, 0.717) is 12.0 Å². The fourth-order valence-electron chi connectivity index (χ4n) is 3.92. The molecule has 1 aromatic rings. The van der Waals surface area contributed by atoms with E-state index in [-0.39, 0.29) is 5.82 Å². The number of benzene rings is 1. The molecule has 0 spiro atoms. The minimum atomic E-state index is -0.113. The first-order chi connectivity index (χ1) is 10.2. The summed E-state index contributed by atoms with van der Waals surface area (Å²) in [6.45, 7) is 7.46. The lowest BCUT2D eigenvalue weighted by Crippen LogP contribution is -2.31. The predicted molar refractivity (Wildman–Crippen MR) is 87.9 cm³/mol. The Morgan fingerprint density at radius 2 is 1.90 bits per heavy atom. The van der Waals surface area contributed by atoms with Crippen LogP contribution >= 0.6 is 0 Å². The molecule has 118 valence electrons. The minimum absolute atomic E-state index is 0.113. The van der Waals surface area contributed by atoms with Crippen molar-refractivity contribution < 1.29 is 4.39 Å². The molecule has 1 atom stereocenters. The maximum Gasteiger partial charge on any atom is 0.123 e. The van der Waals surface area contributed by atoms with Crippen molar-refractivity contribution in [2.24, 2.45) is 11.8 Å². The maximum absolute atomic E-state index is 13.6. The van der Waals surface area contributed by atoms with E-state index in [4.69, 9.17) is 0 Å². The molecule has 1 aromatic carbocycles. The summed E-state index contributed by atoms with van der Waals surface area (Å²) in [7, 11) is 0. The van der Waals surface area contributed by atoms with Crippen molar-refractivity contribution in [2.45, 2.75) is 65.3 Å². The minimum Gasteiger partial charge on any atom is -0.310 e. The van der Waals surface area contributed by atoms with Gasteiger partial charge in [0.15, 0.2) is 0 Å². The van der Waals surface area contributed by atoms with Gasteiger partial charge in [-0.05, 0) is 61.4 Å². The second kappa shape index (κ2) is 7.93. The first kappa shape index (κ1) is 16.5. The van der Waals surface area contributed by atoms with Crippen LogP contribution in [0, 0.1) is 24.6 Å². The van der Waals surface area contributed by atoms with Gasteiger partial charge >= 0.3 is 0 Å². The van der Waals surface area contributed by atoms with E-state index in [1.165, 1.54) is 44.1 Å². The Morgan fingerprint density at radius 1 is 1.19 bits per heavy atom. The van der Waals surface area contributed by atoms with E-state index >= 15 is 0 Å². The van der Waals surface area contributed by atoms with Crippen LogP contribution in [-0.4, -0.2) is 6.54 Å². The summed E-state index contributed by atoms with van der Waals surface area (Å²) in [6.07, 6.45) is 7.91. The van der Waals surface area contributed by atoms with Gasteiger partial charge in [0.25, 0.3) is 0 Å². The first-order valence-electron chi connectivity index (χ1n) is 8.65. The van der Waals surface area contributed by atoms with Gasteiger partial charge in [-0.15, -0.1) is 0 Å². The summed E-state index contributed by atoms with van der Waals surface area (Å²) < 4.78 is 13.6. The average Bonchev–Trinajstić information content (AvgIpc) is 2.49. The number of rotatable bonds is 6. The second-order valence-electron chi connectivity index (χ2n) is 6.61. The van der Waals surface area contributed by atoms with Crippen molar-refractivity contribution in [3.8, 4) is 0 Å². The number of halogens is 1. The van der Waals surface area contributed by atoms with Crippen LogP contribution in [-0.2, 0) is 0 Å². The van der Waals surface area contributed by atoms with Crippen LogP contribution in [0.25, 0.3) is 0 Å². The third-order valence-corrected chi connectivity index (χ3v) is 5.06. The molecule has 0 radical (unpaired) electrons. The lowest BCUT2D eigenvalue weighted by molar-refractivity contribution is 0.215. The molecule has 0 bridgehead atoms. The van der Waals surface area contributed by atoms with Crippen LogP contribution in [0.15, 0.2) is 18.2 Å². The summed E-state index contributed by atoms with van der Waals surface area (Å²) >= 11 is 0. The molecular weight excluding hydrogens is 261 g/mol. The van der Waals surface area contributed by atoms with Crippen molar-refractivity contribution in [1.82, 2.24) is 5.32 Å². The Morgan fingerprint density at radius 3 is 2.52 bits per heavy atom. The van der Waals surface area contributed by atoms with E-state index in [1.807, 2.05) is 6.07 Å². The highest BCUT2D eigenvalue weighted by atomic mass is 19.1. The van der Waals surface area contributed by atoms with Gasteiger partial charge in [-0.1, -0.05) is 45.6 Å². The quantitative estimate of drug-likeness (QED) is 0.741. The SMILES string of the molecule is CCCC1CCC(C(NCC)c2cc(F)ccc2C)CC1. The van der Waals surface area contributed by atoms with Gasteiger partial charge in [0, 0.05) is 6.04 Å². The number of nitrogens with one attached hydrogen (secondary N) is 1. The first-order valence-corrected chi connectivity index (χ1v) is 8.65. The Bertz CT molecular complexity index is 435. The summed E-state index contributed by atoms with van der Waals surface area (Å²) in [4.78, 5) is 0. The van der Waals surface area contributed by atoms with Crippen LogP contribution < -0.4 is 5.32 Å². The molecule has 0 heterocycles. The van der Waals surface area contributed by atoms with E-state index in [2.05, 4.69) is 26.1 Å². The van der Waals surface area contributed by atoms with Gasteiger partial charge in [0.1, 0.15) is 5.82 Å². The topological polar surface area (TPSA) is 12.0 Å². The third-order valence-electron chi connectivity index (χ3n) is 5.06. The highest BCUT2D eigenvalue weighted by Crippen LogP contribution is 2.39. The van der Waals surface area contributed by atoms with Crippen LogP contribution in [0.2, 0.25) is 0 Å². The maximum atomic E-state index is 13.6. The van der Waals surface area contributed by atoms with E-state index < -0.39 is 0 Å². The Hall–Kier alpha value is -0.890. The summed E-state index contributed by atoms with van der Waals surface area (Å²) in [5.41, 5.74) is 2.37. The van der Waals surface area contributed by atoms with Gasteiger partial charge in [-0.3, -0.25) is 0 Å². The van der Waals surface area contributed by atoms with Crippen molar-refractivity contribution in [1.29, 1.82) is 0 Å². The van der Waals surface area contributed by atoms with E-state index in [9.17, 15) is 4.39 Å². The van der Waals surface area contributed by atoms with Crippen LogP contribution in [0.3, 0.4) is 0 Å². The highest BCUT2D eigenvalue weighted by Gasteiger charge is 2.28. The van der Waals surface area contributed by atoms with Gasteiger partial charge in [-0.2, -0.15) is 0 Å². The van der Waals surface area contributed by atoms with Gasteiger partial charge in [0.05, 0.1) is 0 Å². The summed E-state index contributed by atoms with van der Waals surface area (Å²) in [5, 5.41) is 3.62. The second-order valence-corrected chi connectivity index (χ2v) is 6.61. The van der Waals surface area contributed by atoms with Crippen molar-refractivity contribution in [2.75, 3.05) is 6.54 Å². The zero-order valence-corrected chi connectivity index (χ0v) is 13.8. The monoisotopic (exact) mass is 291 g/mol. The third kappa shape index (κ3) is 4.29. The molecule has 0 saturated heterocycles. The molecule has 1 aliphatic rings. The molecule has 1 saturated carbocycles. The molecule has 21 heavy (non-hydrogen) atoms. The summed E-state index contributed by atoms with van der Waals surface area (Å²) in [5.74, 6) is 1.46. The van der Waals surface area contributed by atoms with Crippen molar-refractivity contribution in [3.63, 3.8) is 0 Å². The van der Waals surface area contributed by atoms with Gasteiger partial charge in [0.2, 0.25) is 0 Å². The molecule has 0 aromatic heterocycles. The zero-order valence-electron chi connectivity index (χ0n) is 13.8. The molecule has 1 N–H and O–H groups in total. The van der Waals surface area contributed by atoms with Gasteiger partial charge in [-0.25, -0.2) is 4.39 Å². The van der Waals surface area contributed by atoms with Crippen LogP contribution in [0.5, 0.6) is 0 Å². The fourth-order valence-corrected chi connectivity index (χ4v) is 3.92. The van der Waals surface area contributed by atoms with E-state index in [0.717, 1.165) is 18.0 Å². The zero-order chi connectivity index (χ0) is 15.2. The van der Waals surface area contributed by atoms with Crippen molar-refractivity contribution in [3.05, 3.63) is 35.1 Å². The molecule has 1 nitrogen and oxygen atoms in total. The summed E-state index contributed by atoms with van der Waals surface area (Å²) in [6, 6.07) is 5.53. The molecule has 2 heteroatoms. The Balaban J connectivity index is 2.11. The molecule has 0 amide bonds. The smallest absolute Gasteiger partial charge is 0.123 e. The average molecular weight is 291 g/mol. The number of hydrogen-bond donors (Lipinski definition) is 1. The Labute approximate surface area is 129 Å². The normalized spacial score (nSPS) is 24.0. The largest absolute Gasteiger partial charge is 0.310 e. The number of hydrogen-bond acceptors (Lipinski definition) is 1. The lowest BCUT2D eigenvalue weighted by atomic mass is 9.75. The van der Waals surface area contributed by atoms with Crippen molar-refractivity contribution >= 4 is 0 Å². The highest BCUT2D eigenvalue weighted by molar-refractivity contribution is 5.30. The molecular formula is C19H30FN. The number of aryl methyl sites for hydroxylation is 1. The molecule has 1 fully saturated rings. The molecule has 1 aliphatic carbocycles. The predicted octanol–water partition coefficient (Wildman–Crippen LogP) is 5.39.